The van der Waals surface area contributed by atoms with Crippen LogP contribution in [0.5, 0.6) is 0 Å². The molecule has 0 aromatic carbocycles. The van der Waals surface area contributed by atoms with Crippen molar-refractivity contribution in [2.45, 2.75) is 25.7 Å². The smallest absolute Gasteiger partial charge is 0.320 e. The zero-order chi connectivity index (χ0) is 13.7. The van der Waals surface area contributed by atoms with Crippen LogP contribution >= 0.6 is 0 Å². The number of carbonyl (C=O) groups excluding carboxylic acids is 2. The van der Waals surface area contributed by atoms with Crippen molar-refractivity contribution in [2.24, 2.45) is 11.7 Å². The largest absolute Gasteiger partial charge is 0.355 e. The lowest BCUT2D eigenvalue weighted by atomic mass is 9.97. The molecule has 0 spiro atoms. The van der Waals surface area contributed by atoms with Crippen LogP contribution in [0.3, 0.4) is 0 Å². The Morgan fingerprint density at radius 1 is 1.11 bits per heavy atom. The summed E-state index contributed by atoms with van der Waals surface area (Å²) >= 11 is 0. The fourth-order valence-electron chi connectivity index (χ4n) is 2.81. The average molecular weight is 268 g/mol. The highest BCUT2D eigenvalue weighted by atomic mass is 16.2. The Bertz CT molecular complexity index is 329. The average Bonchev–Trinajstić information content (AvgIpc) is 2.98. The first-order valence-electron chi connectivity index (χ1n) is 7.24. The molecule has 1 unspecified atom stereocenters. The van der Waals surface area contributed by atoms with Crippen LogP contribution in [0, 0.1) is 5.92 Å². The fraction of sp³-hybridized carbons (Fsp3) is 0.846. The summed E-state index contributed by atoms with van der Waals surface area (Å²) in [6, 6.07) is 0.105. The highest BCUT2D eigenvalue weighted by molar-refractivity contribution is 5.81. The minimum absolute atomic E-state index is 0.0318. The first-order valence-corrected chi connectivity index (χ1v) is 7.24. The van der Waals surface area contributed by atoms with Crippen LogP contribution in [0.15, 0.2) is 0 Å². The van der Waals surface area contributed by atoms with Gasteiger partial charge < -0.3 is 20.9 Å². The minimum Gasteiger partial charge on any atom is -0.355 e. The Kier molecular flexibility index (Phi) is 5.01. The molecule has 0 aromatic heterocycles. The second-order valence-corrected chi connectivity index (χ2v) is 5.34. The van der Waals surface area contributed by atoms with Crippen molar-refractivity contribution in [3.63, 3.8) is 0 Å². The number of rotatable bonds is 3. The lowest BCUT2D eigenvalue weighted by Gasteiger charge is -2.34. The van der Waals surface area contributed by atoms with E-state index in [-0.39, 0.29) is 17.9 Å². The summed E-state index contributed by atoms with van der Waals surface area (Å²) in [4.78, 5) is 27.9. The molecule has 3 amide bonds. The third kappa shape index (κ3) is 3.59. The van der Waals surface area contributed by atoms with E-state index >= 15 is 0 Å². The van der Waals surface area contributed by atoms with Crippen LogP contribution in [-0.4, -0.2) is 61.0 Å². The van der Waals surface area contributed by atoms with Gasteiger partial charge in [-0.2, -0.15) is 0 Å². The maximum Gasteiger partial charge on any atom is 0.320 e. The van der Waals surface area contributed by atoms with Gasteiger partial charge in [-0.25, -0.2) is 4.79 Å². The van der Waals surface area contributed by atoms with E-state index < -0.39 is 0 Å². The lowest BCUT2D eigenvalue weighted by molar-refractivity contribution is -0.126. The number of carbonyl (C=O) groups is 2. The Morgan fingerprint density at radius 2 is 1.79 bits per heavy atom. The molecule has 6 heteroatoms. The SMILES string of the molecule is NCCNC(=O)C1CCCN(C(=O)N2CCCC2)C1. The second kappa shape index (κ2) is 6.75. The zero-order valence-electron chi connectivity index (χ0n) is 11.4. The molecular formula is C13H24N4O2. The van der Waals surface area contributed by atoms with Gasteiger partial charge in [0.15, 0.2) is 0 Å². The molecule has 2 aliphatic heterocycles. The maximum atomic E-state index is 12.3. The molecule has 1 atom stereocenters. The van der Waals surface area contributed by atoms with Crippen LogP contribution in [0.2, 0.25) is 0 Å². The van der Waals surface area contributed by atoms with Gasteiger partial charge in [0.1, 0.15) is 0 Å². The second-order valence-electron chi connectivity index (χ2n) is 5.34. The predicted octanol–water partition coefficient (Wildman–Crippen LogP) is -0.0109. The summed E-state index contributed by atoms with van der Waals surface area (Å²) < 4.78 is 0. The van der Waals surface area contributed by atoms with Crippen LogP contribution in [-0.2, 0) is 4.79 Å². The molecular weight excluding hydrogens is 244 g/mol. The summed E-state index contributed by atoms with van der Waals surface area (Å²) in [5.41, 5.74) is 5.38. The maximum absolute atomic E-state index is 12.3. The molecule has 2 heterocycles. The first kappa shape index (κ1) is 14.1. The Labute approximate surface area is 114 Å². The third-order valence-electron chi connectivity index (χ3n) is 3.88. The Morgan fingerprint density at radius 3 is 2.47 bits per heavy atom. The highest BCUT2D eigenvalue weighted by Crippen LogP contribution is 2.19. The summed E-state index contributed by atoms with van der Waals surface area (Å²) in [5, 5.41) is 2.82. The van der Waals surface area contributed by atoms with Crippen LogP contribution < -0.4 is 11.1 Å². The van der Waals surface area contributed by atoms with Crippen LogP contribution in [0.25, 0.3) is 0 Å². The van der Waals surface area contributed by atoms with E-state index in [1.165, 1.54) is 0 Å². The van der Waals surface area contributed by atoms with Crippen molar-refractivity contribution < 1.29 is 9.59 Å². The van der Waals surface area contributed by atoms with Gasteiger partial charge in [0.2, 0.25) is 5.91 Å². The van der Waals surface area contributed by atoms with Crippen molar-refractivity contribution in [3.05, 3.63) is 0 Å². The molecule has 6 nitrogen and oxygen atoms in total. The molecule has 19 heavy (non-hydrogen) atoms. The van der Waals surface area contributed by atoms with E-state index in [0.717, 1.165) is 45.3 Å². The molecule has 0 bridgehead atoms. The summed E-state index contributed by atoms with van der Waals surface area (Å²) in [6.45, 7) is 4.00. The highest BCUT2D eigenvalue weighted by Gasteiger charge is 2.31. The molecule has 108 valence electrons. The predicted molar refractivity (Wildman–Crippen MR) is 72.6 cm³/mol. The number of hydrogen-bond donors (Lipinski definition) is 2. The van der Waals surface area contributed by atoms with Gasteiger partial charge in [-0.05, 0) is 25.7 Å². The van der Waals surface area contributed by atoms with Crippen molar-refractivity contribution in [3.8, 4) is 0 Å². The molecule has 3 N–H and O–H groups in total. The number of likely N-dealkylation sites (tertiary alicyclic amines) is 2. The summed E-state index contributed by atoms with van der Waals surface area (Å²) in [5.74, 6) is -0.0452. The molecule has 2 aliphatic rings. The monoisotopic (exact) mass is 268 g/mol. The number of amides is 3. The van der Waals surface area contributed by atoms with E-state index in [2.05, 4.69) is 5.32 Å². The van der Waals surface area contributed by atoms with E-state index in [0.29, 0.717) is 19.6 Å². The van der Waals surface area contributed by atoms with Gasteiger partial charge >= 0.3 is 6.03 Å². The van der Waals surface area contributed by atoms with E-state index in [1.807, 2.05) is 9.80 Å². The third-order valence-corrected chi connectivity index (χ3v) is 3.88. The fourth-order valence-corrected chi connectivity index (χ4v) is 2.81. The van der Waals surface area contributed by atoms with Gasteiger partial charge in [-0.1, -0.05) is 0 Å². The first-order chi connectivity index (χ1) is 9.22. The number of hydrogen-bond acceptors (Lipinski definition) is 3. The zero-order valence-corrected chi connectivity index (χ0v) is 11.4. The van der Waals surface area contributed by atoms with E-state index in [4.69, 9.17) is 5.73 Å². The van der Waals surface area contributed by atoms with Crippen molar-refractivity contribution in [1.82, 2.24) is 15.1 Å². The molecule has 0 saturated carbocycles. The molecule has 0 aromatic rings. The number of urea groups is 1. The standard InChI is InChI=1S/C13H24N4O2/c14-5-6-15-12(18)11-4-3-9-17(10-11)13(19)16-7-1-2-8-16/h11H,1-10,14H2,(H,15,18). The summed E-state index contributed by atoms with van der Waals surface area (Å²) in [7, 11) is 0. The van der Waals surface area contributed by atoms with Crippen molar-refractivity contribution in [2.75, 3.05) is 39.3 Å². The number of piperidine rings is 1. The van der Waals surface area contributed by atoms with Crippen LogP contribution in [0.1, 0.15) is 25.7 Å². The quantitative estimate of drug-likeness (QED) is 0.755. The van der Waals surface area contributed by atoms with E-state index in [9.17, 15) is 9.59 Å². The number of nitrogens with zero attached hydrogens (tertiary/aromatic N) is 2. The van der Waals surface area contributed by atoms with E-state index in [1.54, 1.807) is 0 Å². The number of nitrogens with two attached hydrogens (primary N) is 1. The van der Waals surface area contributed by atoms with Gasteiger partial charge in [0.25, 0.3) is 0 Å². The summed E-state index contributed by atoms with van der Waals surface area (Å²) in [6.07, 6.45) is 3.96. The minimum atomic E-state index is -0.0770. The van der Waals surface area contributed by atoms with Gasteiger partial charge in [-0.15, -0.1) is 0 Å². The van der Waals surface area contributed by atoms with Gasteiger partial charge in [0, 0.05) is 39.3 Å². The molecule has 0 radical (unpaired) electrons. The lowest BCUT2D eigenvalue weighted by Crippen LogP contribution is -2.50. The molecule has 0 aliphatic carbocycles. The molecule has 2 fully saturated rings. The normalized spacial score (nSPS) is 23.5. The molecule has 2 saturated heterocycles. The molecule has 2 rings (SSSR count). The van der Waals surface area contributed by atoms with Gasteiger partial charge in [-0.3, -0.25) is 4.79 Å². The van der Waals surface area contributed by atoms with Gasteiger partial charge in [0.05, 0.1) is 5.92 Å². The topological polar surface area (TPSA) is 78.7 Å². The number of nitrogens with one attached hydrogen (secondary N) is 1. The van der Waals surface area contributed by atoms with Crippen LogP contribution in [0.4, 0.5) is 4.79 Å². The Hall–Kier alpha value is -1.30. The van der Waals surface area contributed by atoms with Crippen molar-refractivity contribution >= 4 is 11.9 Å². The van der Waals surface area contributed by atoms with Crippen molar-refractivity contribution in [1.29, 1.82) is 0 Å². The Balaban J connectivity index is 1.85.